The van der Waals surface area contributed by atoms with Crippen molar-refractivity contribution in [1.82, 2.24) is 10.2 Å². The van der Waals surface area contributed by atoms with Crippen LogP contribution in [-0.4, -0.2) is 10.2 Å². The van der Waals surface area contributed by atoms with E-state index in [1.54, 1.807) is 0 Å². The van der Waals surface area contributed by atoms with Crippen molar-refractivity contribution >= 4 is 28.2 Å². The van der Waals surface area contributed by atoms with Gasteiger partial charge in [0.1, 0.15) is 0 Å². The maximum absolute atomic E-state index is 5.96. The number of rotatable bonds is 3. The molecule has 0 aliphatic heterocycles. The Hall–Kier alpha value is -2.00. The van der Waals surface area contributed by atoms with E-state index in [0.717, 1.165) is 28.2 Å². The zero-order chi connectivity index (χ0) is 13.2. The largest absolute Gasteiger partial charge is 0.379 e. The molecule has 1 aromatic heterocycles. The van der Waals surface area contributed by atoms with E-state index in [1.165, 1.54) is 11.1 Å². The van der Waals surface area contributed by atoms with Gasteiger partial charge < -0.3 is 5.32 Å². The lowest BCUT2D eigenvalue weighted by Crippen LogP contribution is -2.01. The third-order valence-corrected chi connectivity index (χ3v) is 3.49. The van der Waals surface area contributed by atoms with Crippen LogP contribution in [0.2, 0.25) is 5.02 Å². The van der Waals surface area contributed by atoms with Gasteiger partial charge in [-0.15, -0.1) is 0 Å². The second kappa shape index (κ2) is 4.94. The van der Waals surface area contributed by atoms with Crippen molar-refractivity contribution < 1.29 is 0 Å². The molecule has 3 aromatic rings. The lowest BCUT2D eigenvalue weighted by molar-refractivity contribution is 1.10. The first-order chi connectivity index (χ1) is 9.24. The average Bonchev–Trinajstić information content (AvgIpc) is 2.86. The van der Waals surface area contributed by atoms with Crippen LogP contribution in [-0.2, 0) is 6.54 Å². The second-order valence-electron chi connectivity index (χ2n) is 4.56. The minimum atomic E-state index is 0.765. The SMILES string of the molecule is Cc1cc(Cl)ccc1CNc1cccc2cn[nH]c12. The van der Waals surface area contributed by atoms with Crippen LogP contribution >= 0.6 is 11.6 Å². The van der Waals surface area contributed by atoms with Gasteiger partial charge >= 0.3 is 0 Å². The van der Waals surface area contributed by atoms with E-state index >= 15 is 0 Å². The van der Waals surface area contributed by atoms with Crippen molar-refractivity contribution in [3.63, 3.8) is 0 Å². The summed E-state index contributed by atoms with van der Waals surface area (Å²) >= 11 is 5.96. The van der Waals surface area contributed by atoms with Gasteiger partial charge in [0.15, 0.2) is 0 Å². The first kappa shape index (κ1) is 12.1. The summed E-state index contributed by atoms with van der Waals surface area (Å²) in [5.74, 6) is 0. The van der Waals surface area contributed by atoms with Crippen LogP contribution in [0.3, 0.4) is 0 Å². The topological polar surface area (TPSA) is 40.7 Å². The summed E-state index contributed by atoms with van der Waals surface area (Å²) in [6.07, 6.45) is 1.83. The fourth-order valence-electron chi connectivity index (χ4n) is 2.16. The Balaban J connectivity index is 1.84. The van der Waals surface area contributed by atoms with E-state index in [4.69, 9.17) is 11.6 Å². The van der Waals surface area contributed by atoms with Crippen molar-refractivity contribution in [1.29, 1.82) is 0 Å². The molecule has 0 aliphatic carbocycles. The highest BCUT2D eigenvalue weighted by Crippen LogP contribution is 2.22. The minimum Gasteiger partial charge on any atom is -0.379 e. The molecule has 2 N–H and O–H groups in total. The predicted molar refractivity (Wildman–Crippen MR) is 79.6 cm³/mol. The summed E-state index contributed by atoms with van der Waals surface area (Å²) in [7, 11) is 0. The van der Waals surface area contributed by atoms with Gasteiger partial charge in [-0.05, 0) is 36.2 Å². The maximum atomic E-state index is 5.96. The first-order valence-electron chi connectivity index (χ1n) is 6.15. The van der Waals surface area contributed by atoms with Crippen LogP contribution in [0.5, 0.6) is 0 Å². The van der Waals surface area contributed by atoms with E-state index in [1.807, 2.05) is 36.5 Å². The molecule has 19 heavy (non-hydrogen) atoms. The third-order valence-electron chi connectivity index (χ3n) is 3.25. The van der Waals surface area contributed by atoms with Crippen molar-refractivity contribution in [3.05, 3.63) is 58.7 Å². The molecule has 96 valence electrons. The molecule has 0 amide bonds. The molecule has 0 saturated heterocycles. The van der Waals surface area contributed by atoms with Crippen molar-refractivity contribution in [3.8, 4) is 0 Å². The highest BCUT2D eigenvalue weighted by molar-refractivity contribution is 6.30. The monoisotopic (exact) mass is 271 g/mol. The van der Waals surface area contributed by atoms with Crippen LogP contribution in [0.4, 0.5) is 5.69 Å². The Morgan fingerprint density at radius 3 is 3.00 bits per heavy atom. The smallest absolute Gasteiger partial charge is 0.0881 e. The predicted octanol–water partition coefficient (Wildman–Crippen LogP) is 4.14. The van der Waals surface area contributed by atoms with Crippen molar-refractivity contribution in [2.24, 2.45) is 0 Å². The van der Waals surface area contributed by atoms with Crippen molar-refractivity contribution in [2.45, 2.75) is 13.5 Å². The molecule has 2 aromatic carbocycles. The zero-order valence-corrected chi connectivity index (χ0v) is 11.3. The Morgan fingerprint density at radius 2 is 2.16 bits per heavy atom. The number of fused-ring (bicyclic) bond motifs is 1. The number of halogens is 1. The molecule has 3 rings (SSSR count). The number of nitrogens with zero attached hydrogens (tertiary/aromatic N) is 1. The minimum absolute atomic E-state index is 0.765. The summed E-state index contributed by atoms with van der Waals surface area (Å²) in [4.78, 5) is 0. The average molecular weight is 272 g/mol. The number of hydrogen-bond acceptors (Lipinski definition) is 2. The molecule has 0 aliphatic rings. The van der Waals surface area contributed by atoms with E-state index in [2.05, 4.69) is 28.5 Å². The Labute approximate surface area is 116 Å². The first-order valence-corrected chi connectivity index (χ1v) is 6.53. The number of para-hydroxylation sites is 1. The molecule has 1 heterocycles. The van der Waals surface area contributed by atoms with Gasteiger partial charge in [-0.1, -0.05) is 29.8 Å². The normalized spacial score (nSPS) is 10.8. The fraction of sp³-hybridized carbons (Fsp3) is 0.133. The molecule has 0 saturated carbocycles. The number of H-pyrrole nitrogens is 1. The molecule has 0 fully saturated rings. The van der Waals surface area contributed by atoms with Gasteiger partial charge in [0.2, 0.25) is 0 Å². The van der Waals surface area contributed by atoms with E-state index in [-0.39, 0.29) is 0 Å². The molecular formula is C15H14ClN3. The van der Waals surface area contributed by atoms with Gasteiger partial charge in [-0.25, -0.2) is 0 Å². The van der Waals surface area contributed by atoms with Gasteiger partial charge in [0.25, 0.3) is 0 Å². The number of anilines is 1. The van der Waals surface area contributed by atoms with Crippen LogP contribution in [0.15, 0.2) is 42.6 Å². The number of benzene rings is 2. The van der Waals surface area contributed by atoms with Gasteiger partial charge in [0.05, 0.1) is 17.4 Å². The summed E-state index contributed by atoms with van der Waals surface area (Å²) in [6, 6.07) is 12.1. The number of aromatic nitrogens is 2. The summed E-state index contributed by atoms with van der Waals surface area (Å²) in [5.41, 5.74) is 4.52. The lowest BCUT2D eigenvalue weighted by Gasteiger charge is -2.10. The van der Waals surface area contributed by atoms with Gasteiger partial charge in [-0.2, -0.15) is 5.10 Å². The van der Waals surface area contributed by atoms with Crippen LogP contribution in [0.1, 0.15) is 11.1 Å². The molecule has 4 heteroatoms. The fourth-order valence-corrected chi connectivity index (χ4v) is 2.39. The van der Waals surface area contributed by atoms with Crippen molar-refractivity contribution in [2.75, 3.05) is 5.32 Å². The van der Waals surface area contributed by atoms with Crippen LogP contribution in [0, 0.1) is 6.92 Å². The van der Waals surface area contributed by atoms with E-state index in [0.29, 0.717) is 0 Å². The third kappa shape index (κ3) is 2.42. The van der Waals surface area contributed by atoms with Crippen LogP contribution in [0.25, 0.3) is 10.9 Å². The molecule has 3 nitrogen and oxygen atoms in total. The molecule has 0 radical (unpaired) electrons. The van der Waals surface area contributed by atoms with Gasteiger partial charge in [-0.3, -0.25) is 5.10 Å². The summed E-state index contributed by atoms with van der Waals surface area (Å²) < 4.78 is 0. The quantitative estimate of drug-likeness (QED) is 0.752. The molecule has 0 atom stereocenters. The Bertz CT molecular complexity index is 718. The maximum Gasteiger partial charge on any atom is 0.0881 e. The van der Waals surface area contributed by atoms with E-state index in [9.17, 15) is 0 Å². The molecular weight excluding hydrogens is 258 g/mol. The second-order valence-corrected chi connectivity index (χ2v) is 5.00. The molecule has 0 unspecified atom stereocenters. The lowest BCUT2D eigenvalue weighted by atomic mass is 10.1. The molecule has 0 spiro atoms. The number of aromatic amines is 1. The Kier molecular flexibility index (Phi) is 3.13. The van der Waals surface area contributed by atoms with E-state index < -0.39 is 0 Å². The highest BCUT2D eigenvalue weighted by atomic mass is 35.5. The summed E-state index contributed by atoms with van der Waals surface area (Å²) in [6.45, 7) is 2.83. The number of nitrogens with one attached hydrogen (secondary N) is 2. The standard InChI is InChI=1S/C15H14ClN3/c1-10-7-13(16)6-5-11(10)8-17-14-4-2-3-12-9-18-19-15(12)14/h2-7,9,17H,8H2,1H3,(H,18,19). The van der Waals surface area contributed by atoms with Gasteiger partial charge in [0, 0.05) is 17.0 Å². The highest BCUT2D eigenvalue weighted by Gasteiger charge is 2.03. The Morgan fingerprint density at radius 1 is 1.26 bits per heavy atom. The molecule has 0 bridgehead atoms. The zero-order valence-electron chi connectivity index (χ0n) is 10.6. The number of aryl methyl sites for hydroxylation is 1. The summed E-state index contributed by atoms with van der Waals surface area (Å²) in [5, 5.41) is 12.4. The van der Waals surface area contributed by atoms with Crippen LogP contribution < -0.4 is 5.32 Å². The number of hydrogen-bond donors (Lipinski definition) is 2.